The van der Waals surface area contributed by atoms with Crippen LogP contribution < -0.4 is 25.8 Å². The molecule has 1 aliphatic rings. The molecule has 1 heterocycles. The number of carbonyl (C=O) groups is 2. The molecule has 7 nitrogen and oxygen atoms in total. The molecule has 2 amide bonds. The van der Waals surface area contributed by atoms with Crippen molar-refractivity contribution in [1.82, 2.24) is 5.32 Å². The zero-order valence-electron chi connectivity index (χ0n) is 13.8. The highest BCUT2D eigenvalue weighted by Gasteiger charge is 2.14. The van der Waals surface area contributed by atoms with Crippen molar-refractivity contribution in [1.29, 1.82) is 0 Å². The molecule has 2 aromatic rings. The van der Waals surface area contributed by atoms with E-state index in [2.05, 4.69) is 10.6 Å². The van der Waals surface area contributed by atoms with Gasteiger partial charge in [-0.15, -0.1) is 0 Å². The molecule has 25 heavy (non-hydrogen) atoms. The molecule has 3 rings (SSSR count). The number of fused-ring (bicyclic) bond motifs is 1. The van der Waals surface area contributed by atoms with Crippen LogP contribution in [0.4, 0.5) is 5.69 Å². The van der Waals surface area contributed by atoms with Crippen molar-refractivity contribution in [3.63, 3.8) is 0 Å². The minimum Gasteiger partial charge on any atom is -0.454 e. The number of carbonyl (C=O) groups excluding carboxylic acids is 2. The Bertz CT molecular complexity index is 820. The van der Waals surface area contributed by atoms with Gasteiger partial charge in [0.15, 0.2) is 11.5 Å². The zero-order chi connectivity index (χ0) is 17.8. The highest BCUT2D eigenvalue weighted by atomic mass is 16.7. The molecule has 2 aromatic carbocycles. The third-order valence-corrected chi connectivity index (χ3v) is 3.84. The highest BCUT2D eigenvalue weighted by molar-refractivity contribution is 5.98. The molecular weight excluding hydrogens is 322 g/mol. The number of ether oxygens (including phenoxy) is 2. The molecule has 0 unspecified atom stereocenters. The molecule has 0 aliphatic carbocycles. The third-order valence-electron chi connectivity index (χ3n) is 3.84. The van der Waals surface area contributed by atoms with Crippen LogP contribution in [0.1, 0.15) is 21.5 Å². The molecule has 0 fully saturated rings. The largest absolute Gasteiger partial charge is 0.454 e. The van der Waals surface area contributed by atoms with Crippen LogP contribution in [0.15, 0.2) is 36.4 Å². The van der Waals surface area contributed by atoms with Crippen molar-refractivity contribution >= 4 is 17.5 Å². The summed E-state index contributed by atoms with van der Waals surface area (Å²) in [7, 11) is 0. The van der Waals surface area contributed by atoms with Gasteiger partial charge >= 0.3 is 0 Å². The first kappa shape index (κ1) is 16.8. The molecule has 0 aromatic heterocycles. The van der Waals surface area contributed by atoms with Crippen LogP contribution in [0.2, 0.25) is 0 Å². The molecule has 130 valence electrons. The van der Waals surface area contributed by atoms with Crippen LogP contribution in [0.25, 0.3) is 0 Å². The van der Waals surface area contributed by atoms with E-state index < -0.39 is 0 Å². The average Bonchev–Trinajstić information content (AvgIpc) is 3.08. The first-order valence-electron chi connectivity index (χ1n) is 7.84. The summed E-state index contributed by atoms with van der Waals surface area (Å²) in [6, 6.07) is 10.7. The number of aryl methyl sites for hydroxylation is 1. The normalized spacial score (nSPS) is 11.9. The minimum absolute atomic E-state index is 0.112. The second-order valence-electron chi connectivity index (χ2n) is 5.65. The van der Waals surface area contributed by atoms with E-state index in [1.807, 2.05) is 25.1 Å². The van der Waals surface area contributed by atoms with Gasteiger partial charge < -0.3 is 25.8 Å². The standard InChI is InChI=1S/C18H19N3O4/c1-11-2-4-13(21-17(22)8-19)7-14(11)18(23)20-9-12-3-5-15-16(6-12)25-10-24-15/h2-7H,8-10,19H2,1H3,(H,20,23)(H,21,22). The molecular formula is C18H19N3O4. The van der Waals surface area contributed by atoms with Crippen LogP contribution in [-0.2, 0) is 11.3 Å². The van der Waals surface area contributed by atoms with Gasteiger partial charge in [-0.05, 0) is 42.3 Å². The summed E-state index contributed by atoms with van der Waals surface area (Å²) in [5.41, 5.74) is 8.04. The fraction of sp³-hybridized carbons (Fsp3) is 0.222. The minimum atomic E-state index is -0.310. The van der Waals surface area contributed by atoms with Gasteiger partial charge in [-0.25, -0.2) is 0 Å². The van der Waals surface area contributed by atoms with E-state index in [9.17, 15) is 9.59 Å². The van der Waals surface area contributed by atoms with E-state index in [0.717, 1.165) is 11.1 Å². The number of benzene rings is 2. The molecule has 1 aliphatic heterocycles. The van der Waals surface area contributed by atoms with Crippen LogP contribution in [0, 0.1) is 6.92 Å². The van der Waals surface area contributed by atoms with Gasteiger partial charge in [0.05, 0.1) is 6.54 Å². The number of nitrogens with two attached hydrogens (primary N) is 1. The lowest BCUT2D eigenvalue weighted by Crippen LogP contribution is -2.25. The van der Waals surface area contributed by atoms with Crippen molar-refractivity contribution < 1.29 is 19.1 Å². The van der Waals surface area contributed by atoms with Gasteiger partial charge in [-0.3, -0.25) is 9.59 Å². The summed E-state index contributed by atoms with van der Waals surface area (Å²) >= 11 is 0. The molecule has 0 atom stereocenters. The van der Waals surface area contributed by atoms with Crippen LogP contribution in [-0.4, -0.2) is 25.2 Å². The number of nitrogens with one attached hydrogen (secondary N) is 2. The Labute approximate surface area is 145 Å². The zero-order valence-corrected chi connectivity index (χ0v) is 13.8. The second kappa shape index (κ2) is 7.23. The van der Waals surface area contributed by atoms with Gasteiger partial charge in [0, 0.05) is 17.8 Å². The van der Waals surface area contributed by atoms with Gasteiger partial charge in [0.25, 0.3) is 5.91 Å². The number of rotatable bonds is 5. The number of hydrogen-bond acceptors (Lipinski definition) is 5. The molecule has 0 saturated carbocycles. The Morgan fingerprint density at radius 1 is 1.12 bits per heavy atom. The third kappa shape index (κ3) is 3.89. The summed E-state index contributed by atoms with van der Waals surface area (Å²) in [6.07, 6.45) is 0. The van der Waals surface area contributed by atoms with Crippen molar-refractivity contribution in [2.24, 2.45) is 5.73 Å². The fourth-order valence-electron chi connectivity index (χ4n) is 2.48. The van der Waals surface area contributed by atoms with Crippen molar-refractivity contribution in [3.8, 4) is 11.5 Å². The summed E-state index contributed by atoms with van der Waals surface area (Å²) in [5, 5.41) is 5.51. The van der Waals surface area contributed by atoms with Crippen molar-refractivity contribution in [2.75, 3.05) is 18.7 Å². The van der Waals surface area contributed by atoms with E-state index in [-0.39, 0.29) is 25.2 Å². The lowest BCUT2D eigenvalue weighted by Gasteiger charge is -2.11. The fourth-order valence-corrected chi connectivity index (χ4v) is 2.48. The highest BCUT2D eigenvalue weighted by Crippen LogP contribution is 2.32. The monoisotopic (exact) mass is 341 g/mol. The van der Waals surface area contributed by atoms with Gasteiger partial charge in [-0.2, -0.15) is 0 Å². The van der Waals surface area contributed by atoms with Crippen LogP contribution in [0.3, 0.4) is 0 Å². The quantitative estimate of drug-likeness (QED) is 0.766. The molecule has 0 spiro atoms. The van der Waals surface area contributed by atoms with E-state index in [4.69, 9.17) is 15.2 Å². The van der Waals surface area contributed by atoms with Crippen molar-refractivity contribution in [2.45, 2.75) is 13.5 Å². The average molecular weight is 341 g/mol. The second-order valence-corrected chi connectivity index (χ2v) is 5.65. The molecule has 0 radical (unpaired) electrons. The Kier molecular flexibility index (Phi) is 4.85. The summed E-state index contributed by atoms with van der Waals surface area (Å²) < 4.78 is 10.6. The van der Waals surface area contributed by atoms with Crippen molar-refractivity contribution in [3.05, 3.63) is 53.1 Å². The Morgan fingerprint density at radius 3 is 2.72 bits per heavy atom. The smallest absolute Gasteiger partial charge is 0.251 e. The Hall–Kier alpha value is -3.06. The summed E-state index contributed by atoms with van der Waals surface area (Å²) in [6.45, 7) is 2.30. The van der Waals surface area contributed by atoms with Gasteiger partial charge in [0.1, 0.15) is 0 Å². The maximum Gasteiger partial charge on any atom is 0.251 e. The van der Waals surface area contributed by atoms with E-state index in [1.165, 1.54) is 0 Å². The lowest BCUT2D eigenvalue weighted by atomic mass is 10.1. The maximum atomic E-state index is 12.5. The molecule has 0 saturated heterocycles. The van der Waals surface area contributed by atoms with Gasteiger partial charge in [-0.1, -0.05) is 12.1 Å². The van der Waals surface area contributed by atoms with Crippen LogP contribution >= 0.6 is 0 Å². The topological polar surface area (TPSA) is 103 Å². The molecule has 0 bridgehead atoms. The molecule has 4 N–H and O–H groups in total. The van der Waals surface area contributed by atoms with E-state index in [1.54, 1.807) is 18.2 Å². The maximum absolute atomic E-state index is 12.5. The van der Waals surface area contributed by atoms with Crippen LogP contribution in [0.5, 0.6) is 11.5 Å². The Morgan fingerprint density at radius 2 is 1.92 bits per heavy atom. The number of amides is 2. The predicted octanol–water partition coefficient (Wildman–Crippen LogP) is 1.55. The first-order valence-corrected chi connectivity index (χ1v) is 7.84. The summed E-state index contributed by atoms with van der Waals surface area (Å²) in [5.74, 6) is 0.846. The van der Waals surface area contributed by atoms with Gasteiger partial charge in [0.2, 0.25) is 12.7 Å². The molecule has 7 heteroatoms. The van der Waals surface area contributed by atoms with E-state index in [0.29, 0.717) is 29.3 Å². The number of hydrogen-bond donors (Lipinski definition) is 3. The summed E-state index contributed by atoms with van der Waals surface area (Å²) in [4.78, 5) is 23.9. The predicted molar refractivity (Wildman–Crippen MR) is 92.6 cm³/mol. The van der Waals surface area contributed by atoms with E-state index >= 15 is 0 Å². The lowest BCUT2D eigenvalue weighted by molar-refractivity contribution is -0.114. The number of anilines is 1. The SMILES string of the molecule is Cc1ccc(NC(=O)CN)cc1C(=O)NCc1ccc2c(c1)OCO2. The Balaban J connectivity index is 1.68. The first-order chi connectivity index (χ1) is 12.1.